The van der Waals surface area contributed by atoms with Crippen LogP contribution in [0, 0.1) is 6.92 Å². The Kier molecular flexibility index (Phi) is 4.61. The lowest BCUT2D eigenvalue weighted by molar-refractivity contribution is -0.120. The van der Waals surface area contributed by atoms with Gasteiger partial charge in [-0.3, -0.25) is 15.0 Å². The van der Waals surface area contributed by atoms with Crippen molar-refractivity contribution in [3.8, 4) is 0 Å². The number of carbonyl (C=O) groups excluding carboxylic acids is 1. The van der Waals surface area contributed by atoms with Crippen molar-refractivity contribution in [2.75, 3.05) is 12.4 Å². The van der Waals surface area contributed by atoms with Gasteiger partial charge in [-0.2, -0.15) is 0 Å². The molecule has 0 aromatic carbocycles. The van der Waals surface area contributed by atoms with Crippen molar-refractivity contribution in [1.29, 1.82) is 0 Å². The number of aryl methyl sites for hydroxylation is 1. The second-order valence-corrected chi connectivity index (χ2v) is 5.40. The summed E-state index contributed by atoms with van der Waals surface area (Å²) >= 11 is 3.25. The Labute approximate surface area is 125 Å². The van der Waals surface area contributed by atoms with Crippen LogP contribution in [0.4, 0.5) is 5.88 Å². The first-order chi connectivity index (χ1) is 9.45. The normalized spacial score (nSPS) is 12.7. The van der Waals surface area contributed by atoms with Gasteiger partial charge < -0.3 is 8.94 Å². The minimum Gasteiger partial charge on any atom is -0.453 e. The second kappa shape index (κ2) is 6.23. The Morgan fingerprint density at radius 1 is 1.55 bits per heavy atom. The average Bonchev–Trinajstić information content (AvgIpc) is 2.97. The fourth-order valence-electron chi connectivity index (χ4n) is 1.67. The summed E-state index contributed by atoms with van der Waals surface area (Å²) in [6, 6.07) is 5.04. The first-order valence-corrected chi connectivity index (χ1v) is 6.93. The molecule has 2 heterocycles. The van der Waals surface area contributed by atoms with E-state index in [0.717, 1.165) is 11.5 Å². The molecule has 2 aromatic heterocycles. The van der Waals surface area contributed by atoms with E-state index in [0.29, 0.717) is 17.1 Å². The Morgan fingerprint density at radius 2 is 2.30 bits per heavy atom. The Hall–Kier alpha value is -1.60. The zero-order valence-electron chi connectivity index (χ0n) is 11.5. The Bertz CT molecular complexity index is 593. The molecule has 6 nitrogen and oxygen atoms in total. The predicted octanol–water partition coefficient (Wildman–Crippen LogP) is 2.80. The molecule has 20 heavy (non-hydrogen) atoms. The van der Waals surface area contributed by atoms with Crippen LogP contribution < -0.4 is 5.32 Å². The fourth-order valence-corrected chi connectivity index (χ4v) is 2.01. The van der Waals surface area contributed by atoms with Gasteiger partial charge in [-0.05, 0) is 49.0 Å². The number of nitrogens with one attached hydrogen (secondary N) is 1. The number of carbonyl (C=O) groups is 1. The standard InChI is InChI=1S/C13H16BrN3O3/c1-8-6-12(20-16-8)15-13(18)9(2)17(3)7-10-4-5-11(14)19-10/h4-6,9H,7H2,1-3H3,(H,15,18)/t9-/m0/s1. The molecule has 2 aromatic rings. The molecule has 0 aliphatic rings. The van der Waals surface area contributed by atoms with Gasteiger partial charge in [0.05, 0.1) is 18.3 Å². The zero-order chi connectivity index (χ0) is 14.7. The summed E-state index contributed by atoms with van der Waals surface area (Å²) in [5.74, 6) is 0.984. The molecule has 0 bridgehead atoms. The highest BCUT2D eigenvalue weighted by molar-refractivity contribution is 9.10. The first kappa shape index (κ1) is 14.8. The van der Waals surface area contributed by atoms with E-state index in [4.69, 9.17) is 8.94 Å². The van der Waals surface area contributed by atoms with E-state index in [-0.39, 0.29) is 11.9 Å². The molecule has 0 fully saturated rings. The SMILES string of the molecule is Cc1cc(NC(=O)[C@H](C)N(C)Cc2ccc(Br)o2)on1. The molecule has 0 saturated carbocycles. The van der Waals surface area contributed by atoms with Gasteiger partial charge in [0, 0.05) is 6.07 Å². The summed E-state index contributed by atoms with van der Waals surface area (Å²) in [6.07, 6.45) is 0. The van der Waals surface area contributed by atoms with Crippen LogP contribution in [0.2, 0.25) is 0 Å². The van der Waals surface area contributed by atoms with Crippen LogP contribution in [-0.4, -0.2) is 29.1 Å². The van der Waals surface area contributed by atoms with Gasteiger partial charge in [0.15, 0.2) is 4.67 Å². The third kappa shape index (κ3) is 3.71. The Morgan fingerprint density at radius 3 is 2.85 bits per heavy atom. The van der Waals surface area contributed by atoms with Crippen LogP contribution in [0.3, 0.4) is 0 Å². The number of nitrogens with zero attached hydrogens (tertiary/aromatic N) is 2. The van der Waals surface area contributed by atoms with Crippen LogP contribution in [-0.2, 0) is 11.3 Å². The van der Waals surface area contributed by atoms with E-state index in [1.165, 1.54) is 0 Å². The van der Waals surface area contributed by atoms with E-state index in [1.807, 2.05) is 31.0 Å². The van der Waals surface area contributed by atoms with Crippen LogP contribution in [0.25, 0.3) is 0 Å². The zero-order valence-corrected chi connectivity index (χ0v) is 13.1. The van der Waals surface area contributed by atoms with E-state index in [9.17, 15) is 4.79 Å². The number of hydrogen-bond acceptors (Lipinski definition) is 5. The van der Waals surface area contributed by atoms with Crippen LogP contribution in [0.5, 0.6) is 0 Å². The summed E-state index contributed by atoms with van der Waals surface area (Å²) in [5.41, 5.74) is 0.724. The Balaban J connectivity index is 1.92. The number of amides is 1. The van der Waals surface area contributed by atoms with E-state index < -0.39 is 0 Å². The second-order valence-electron chi connectivity index (χ2n) is 4.62. The monoisotopic (exact) mass is 341 g/mol. The number of furan rings is 1. The lowest BCUT2D eigenvalue weighted by atomic mass is 10.2. The minimum absolute atomic E-state index is 0.158. The average molecular weight is 342 g/mol. The van der Waals surface area contributed by atoms with Crippen molar-refractivity contribution < 1.29 is 13.7 Å². The molecule has 108 valence electrons. The summed E-state index contributed by atoms with van der Waals surface area (Å²) in [4.78, 5) is 14.0. The summed E-state index contributed by atoms with van der Waals surface area (Å²) < 4.78 is 11.1. The molecule has 1 amide bonds. The van der Waals surface area contributed by atoms with Crippen molar-refractivity contribution in [3.63, 3.8) is 0 Å². The summed E-state index contributed by atoms with van der Waals surface area (Å²) in [6.45, 7) is 4.15. The van der Waals surface area contributed by atoms with Crippen molar-refractivity contribution in [2.24, 2.45) is 0 Å². The molecule has 0 radical (unpaired) electrons. The fraction of sp³-hybridized carbons (Fsp3) is 0.385. The molecule has 7 heteroatoms. The number of likely N-dealkylation sites (N-methyl/N-ethyl adjacent to an activating group) is 1. The summed E-state index contributed by atoms with van der Waals surface area (Å²) in [5, 5.41) is 6.41. The topological polar surface area (TPSA) is 71.5 Å². The lowest BCUT2D eigenvalue weighted by Crippen LogP contribution is -2.39. The van der Waals surface area contributed by atoms with Crippen molar-refractivity contribution in [2.45, 2.75) is 26.4 Å². The molecule has 1 atom stereocenters. The van der Waals surface area contributed by atoms with Crippen LogP contribution in [0.1, 0.15) is 18.4 Å². The van der Waals surface area contributed by atoms with Crippen molar-refractivity contribution in [3.05, 3.63) is 34.3 Å². The van der Waals surface area contributed by atoms with E-state index in [1.54, 1.807) is 13.0 Å². The number of rotatable bonds is 5. The van der Waals surface area contributed by atoms with Gasteiger partial charge in [0.25, 0.3) is 0 Å². The molecular formula is C13H16BrN3O3. The van der Waals surface area contributed by atoms with Gasteiger partial charge >= 0.3 is 0 Å². The van der Waals surface area contributed by atoms with Gasteiger partial charge in [-0.25, -0.2) is 0 Å². The number of hydrogen-bond donors (Lipinski definition) is 1. The van der Waals surface area contributed by atoms with Gasteiger partial charge in [0.1, 0.15) is 5.76 Å². The molecule has 0 saturated heterocycles. The highest BCUT2D eigenvalue weighted by atomic mass is 79.9. The van der Waals surface area contributed by atoms with Crippen molar-refractivity contribution >= 4 is 27.7 Å². The van der Waals surface area contributed by atoms with Gasteiger partial charge in [0.2, 0.25) is 11.8 Å². The van der Waals surface area contributed by atoms with Crippen LogP contribution in [0.15, 0.2) is 31.8 Å². The predicted molar refractivity (Wildman–Crippen MR) is 77.2 cm³/mol. The highest BCUT2D eigenvalue weighted by Gasteiger charge is 2.20. The molecule has 0 unspecified atom stereocenters. The van der Waals surface area contributed by atoms with Crippen molar-refractivity contribution in [1.82, 2.24) is 10.1 Å². The third-order valence-corrected chi connectivity index (χ3v) is 3.38. The van der Waals surface area contributed by atoms with E-state index >= 15 is 0 Å². The smallest absolute Gasteiger partial charge is 0.243 e. The molecule has 2 rings (SSSR count). The molecule has 0 spiro atoms. The van der Waals surface area contributed by atoms with Gasteiger partial charge in [-0.1, -0.05) is 5.16 Å². The highest BCUT2D eigenvalue weighted by Crippen LogP contribution is 2.16. The van der Waals surface area contributed by atoms with E-state index in [2.05, 4.69) is 26.4 Å². The third-order valence-electron chi connectivity index (χ3n) is 2.95. The lowest BCUT2D eigenvalue weighted by Gasteiger charge is -2.22. The number of anilines is 1. The number of halogens is 1. The summed E-state index contributed by atoms with van der Waals surface area (Å²) in [7, 11) is 1.85. The van der Waals surface area contributed by atoms with Gasteiger partial charge in [-0.15, -0.1) is 0 Å². The van der Waals surface area contributed by atoms with Crippen LogP contribution >= 0.6 is 15.9 Å². The number of aromatic nitrogens is 1. The molecule has 1 N–H and O–H groups in total. The molecule has 0 aliphatic heterocycles. The maximum atomic E-state index is 12.1. The molecular weight excluding hydrogens is 326 g/mol. The quantitative estimate of drug-likeness (QED) is 0.905. The maximum Gasteiger partial charge on any atom is 0.243 e. The minimum atomic E-state index is -0.329. The largest absolute Gasteiger partial charge is 0.453 e. The maximum absolute atomic E-state index is 12.1. The molecule has 0 aliphatic carbocycles. The first-order valence-electron chi connectivity index (χ1n) is 6.14.